The minimum Gasteiger partial charge on any atom is -0.508 e. The molecule has 8 rings (SSSR count). The van der Waals surface area contributed by atoms with Crippen molar-refractivity contribution in [1.29, 1.82) is 0 Å². The fraction of sp³-hybridized carbons (Fsp3) is 0.348. The van der Waals surface area contributed by atoms with Crippen LogP contribution in [0, 0.1) is 5.92 Å². The van der Waals surface area contributed by atoms with E-state index in [1.807, 2.05) is 24.3 Å². The Morgan fingerprint density at radius 2 is 1.46 bits per heavy atom. The molecule has 0 saturated carbocycles. The first-order valence-electron chi connectivity index (χ1n) is 20.0. The van der Waals surface area contributed by atoms with Crippen LogP contribution in [0.3, 0.4) is 0 Å². The topological polar surface area (TPSA) is 122 Å². The second kappa shape index (κ2) is 16.2. The lowest BCUT2D eigenvalue weighted by Gasteiger charge is -2.39. The molecule has 56 heavy (non-hydrogen) atoms. The third-order valence-electron chi connectivity index (χ3n) is 11.9. The number of anilines is 2. The number of hydrogen-bond acceptors (Lipinski definition) is 8. The van der Waals surface area contributed by atoms with Crippen LogP contribution in [0.4, 0.5) is 11.4 Å². The van der Waals surface area contributed by atoms with Crippen LogP contribution >= 0.6 is 0 Å². The van der Waals surface area contributed by atoms with Crippen molar-refractivity contribution in [3.8, 4) is 5.75 Å². The van der Waals surface area contributed by atoms with Crippen molar-refractivity contribution in [2.45, 2.75) is 64.0 Å². The molecule has 0 aliphatic carbocycles. The van der Waals surface area contributed by atoms with Crippen molar-refractivity contribution in [3.63, 3.8) is 0 Å². The summed E-state index contributed by atoms with van der Waals surface area (Å²) in [6.45, 7) is 7.27. The maximum absolute atomic E-state index is 13.3. The van der Waals surface area contributed by atoms with Crippen molar-refractivity contribution in [2.24, 2.45) is 5.92 Å². The highest BCUT2D eigenvalue weighted by molar-refractivity contribution is 6.23. The molecule has 0 radical (unpaired) electrons. The van der Waals surface area contributed by atoms with Crippen LogP contribution in [-0.2, 0) is 9.59 Å². The molecular formula is C46H49N5O5. The van der Waals surface area contributed by atoms with E-state index >= 15 is 0 Å². The molecular weight excluding hydrogens is 703 g/mol. The Balaban J connectivity index is 0.870. The molecule has 3 saturated heterocycles. The Bertz CT molecular complexity index is 2140. The van der Waals surface area contributed by atoms with Gasteiger partial charge in [-0.05, 0) is 121 Å². The van der Waals surface area contributed by atoms with Gasteiger partial charge in [-0.15, -0.1) is 0 Å². The molecule has 0 spiro atoms. The van der Waals surface area contributed by atoms with Crippen LogP contribution in [-0.4, -0.2) is 83.3 Å². The smallest absolute Gasteiger partial charge is 0.262 e. The van der Waals surface area contributed by atoms with Gasteiger partial charge in [0.2, 0.25) is 11.8 Å². The zero-order valence-corrected chi connectivity index (χ0v) is 31.9. The van der Waals surface area contributed by atoms with E-state index in [1.54, 1.807) is 24.3 Å². The molecule has 3 fully saturated rings. The average Bonchev–Trinajstić information content (AvgIpc) is 3.46. The van der Waals surface area contributed by atoms with Crippen molar-refractivity contribution >= 4 is 46.1 Å². The summed E-state index contributed by atoms with van der Waals surface area (Å²) in [5.74, 6) is -1.08. The predicted molar refractivity (Wildman–Crippen MR) is 218 cm³/mol. The predicted octanol–water partition coefficient (Wildman–Crippen LogP) is 6.96. The minimum atomic E-state index is -0.969. The molecule has 4 heterocycles. The zero-order valence-electron chi connectivity index (χ0n) is 31.9. The number of aromatic hydroxyl groups is 1. The normalized spacial score (nSPS) is 21.2. The maximum Gasteiger partial charge on any atom is 0.262 e. The van der Waals surface area contributed by atoms with Crippen LogP contribution in [0.1, 0.15) is 89.3 Å². The molecule has 4 aromatic rings. The van der Waals surface area contributed by atoms with E-state index in [2.05, 4.69) is 75.9 Å². The van der Waals surface area contributed by atoms with Crippen molar-refractivity contribution < 1.29 is 24.3 Å². The first kappa shape index (κ1) is 37.2. The van der Waals surface area contributed by atoms with Gasteiger partial charge < -0.3 is 20.2 Å². The lowest BCUT2D eigenvalue weighted by atomic mass is 9.88. The number of fused-ring (bicyclic) bond motifs is 1. The summed E-state index contributed by atoms with van der Waals surface area (Å²) in [5.41, 5.74) is 8.55. The van der Waals surface area contributed by atoms with E-state index in [4.69, 9.17) is 0 Å². The molecule has 288 valence electrons. The number of allylic oxidation sites excluding steroid dienone is 1. The molecule has 4 aliphatic rings. The van der Waals surface area contributed by atoms with Gasteiger partial charge in [-0.2, -0.15) is 0 Å². The summed E-state index contributed by atoms with van der Waals surface area (Å²) >= 11 is 0. The van der Waals surface area contributed by atoms with Gasteiger partial charge in [0, 0.05) is 50.0 Å². The summed E-state index contributed by atoms with van der Waals surface area (Å²) in [4.78, 5) is 56.7. The van der Waals surface area contributed by atoms with Gasteiger partial charge in [0.1, 0.15) is 11.8 Å². The van der Waals surface area contributed by atoms with Gasteiger partial charge in [0.05, 0.1) is 11.1 Å². The van der Waals surface area contributed by atoms with Gasteiger partial charge in [0.15, 0.2) is 0 Å². The highest BCUT2D eigenvalue weighted by atomic mass is 16.3. The minimum absolute atomic E-state index is 0.0972. The highest BCUT2D eigenvalue weighted by Gasteiger charge is 2.44. The van der Waals surface area contributed by atoms with Crippen LogP contribution in [0.5, 0.6) is 5.75 Å². The van der Waals surface area contributed by atoms with Crippen molar-refractivity contribution in [3.05, 3.63) is 125 Å². The number of hydrogen-bond donors (Lipinski definition) is 3. The number of piperidine rings is 3. The Hall–Kier alpha value is -5.74. The van der Waals surface area contributed by atoms with Gasteiger partial charge in [-0.25, -0.2) is 0 Å². The summed E-state index contributed by atoms with van der Waals surface area (Å²) in [6, 6.07) is 31.6. The van der Waals surface area contributed by atoms with Gasteiger partial charge in [-0.1, -0.05) is 61.5 Å². The number of imide groups is 2. The van der Waals surface area contributed by atoms with E-state index in [0.29, 0.717) is 17.0 Å². The molecule has 2 atom stereocenters. The second-order valence-corrected chi connectivity index (χ2v) is 15.5. The quantitative estimate of drug-likeness (QED) is 0.118. The number of carbonyl (C=O) groups excluding carboxylic acids is 4. The van der Waals surface area contributed by atoms with E-state index in [-0.39, 0.29) is 30.5 Å². The number of nitrogens with one attached hydrogen (secondary N) is 2. The number of amides is 4. The molecule has 10 heteroatoms. The lowest BCUT2D eigenvalue weighted by molar-refractivity contribution is -0.136. The van der Waals surface area contributed by atoms with Crippen molar-refractivity contribution in [2.75, 3.05) is 42.9 Å². The molecule has 4 aliphatic heterocycles. The summed E-state index contributed by atoms with van der Waals surface area (Å²) in [7, 11) is 0. The number of likely N-dealkylation sites (tertiary alicyclic amines) is 1. The number of benzene rings is 4. The second-order valence-electron chi connectivity index (χ2n) is 15.5. The van der Waals surface area contributed by atoms with Crippen LogP contribution in [0.25, 0.3) is 11.1 Å². The fourth-order valence-corrected chi connectivity index (χ4v) is 9.02. The number of rotatable bonds is 10. The van der Waals surface area contributed by atoms with E-state index in [9.17, 15) is 24.3 Å². The standard InChI is InChI=1S/C46H49N5O5/c1-2-38(31-7-4-3-5-8-31)43(33-12-17-37(52)18-13-33)32-10-15-36(16-11-32)50-25-22-30(23-26-50)28-49-24-6-9-35(29-49)47-34-14-19-39-40(27-34)46(56)51(45(39)55)41-20-21-42(53)48-44(41)54/h3-5,7-8,10-19,27,30,35,41,47,52H,2,6,9,20-26,28-29H2,1H3,(H,48,53,54)/t35-,41?/m1/s1. The van der Waals surface area contributed by atoms with E-state index < -0.39 is 23.8 Å². The third kappa shape index (κ3) is 7.71. The Labute approximate surface area is 328 Å². The largest absolute Gasteiger partial charge is 0.508 e. The number of phenols is 1. The van der Waals surface area contributed by atoms with Gasteiger partial charge in [0.25, 0.3) is 11.8 Å². The number of carbonyl (C=O) groups is 4. The van der Waals surface area contributed by atoms with Crippen LogP contribution in [0.2, 0.25) is 0 Å². The van der Waals surface area contributed by atoms with E-state index in [1.165, 1.54) is 22.4 Å². The summed E-state index contributed by atoms with van der Waals surface area (Å²) in [6.07, 6.45) is 5.49. The fourth-order valence-electron chi connectivity index (χ4n) is 9.02. The Kier molecular flexibility index (Phi) is 10.7. The Morgan fingerprint density at radius 3 is 2.16 bits per heavy atom. The van der Waals surface area contributed by atoms with Crippen LogP contribution < -0.4 is 15.5 Å². The molecule has 1 unspecified atom stereocenters. The first-order chi connectivity index (χ1) is 27.2. The zero-order chi connectivity index (χ0) is 38.8. The first-order valence-corrected chi connectivity index (χ1v) is 20.0. The molecule has 4 aromatic carbocycles. The maximum atomic E-state index is 13.3. The third-order valence-corrected chi connectivity index (χ3v) is 11.9. The lowest BCUT2D eigenvalue weighted by Crippen LogP contribution is -2.54. The molecule has 4 amide bonds. The Morgan fingerprint density at radius 1 is 0.768 bits per heavy atom. The molecule has 3 N–H and O–H groups in total. The SMILES string of the molecule is CCC(=C(c1ccc(O)cc1)c1ccc(N2CCC(CN3CCC[C@@H](Nc4ccc5c(c4)C(=O)N(C4CCC(=O)NC4=O)C5=O)C3)CC2)cc1)c1ccccc1. The summed E-state index contributed by atoms with van der Waals surface area (Å²) < 4.78 is 0. The highest BCUT2D eigenvalue weighted by Crippen LogP contribution is 2.36. The van der Waals surface area contributed by atoms with Crippen LogP contribution in [0.15, 0.2) is 97.1 Å². The molecule has 10 nitrogen and oxygen atoms in total. The number of phenolic OH excluding ortho intramolecular Hbond substituents is 1. The number of nitrogens with zero attached hydrogens (tertiary/aromatic N) is 3. The molecule has 0 aromatic heterocycles. The van der Waals surface area contributed by atoms with Gasteiger partial charge >= 0.3 is 0 Å². The average molecular weight is 752 g/mol. The van der Waals surface area contributed by atoms with Crippen molar-refractivity contribution in [1.82, 2.24) is 15.1 Å². The summed E-state index contributed by atoms with van der Waals surface area (Å²) in [5, 5.41) is 15.9. The molecule has 0 bridgehead atoms. The van der Waals surface area contributed by atoms with Gasteiger partial charge in [-0.3, -0.25) is 29.4 Å². The monoisotopic (exact) mass is 751 g/mol. The van der Waals surface area contributed by atoms with E-state index in [0.717, 1.165) is 86.5 Å².